The molecule has 1 aromatic rings. The SMILES string of the molecule is CCOP(C)(=O)N(C)C(C)c1ccccc1. The summed E-state index contributed by atoms with van der Waals surface area (Å²) in [6.45, 7) is 6.03. The van der Waals surface area contributed by atoms with Gasteiger partial charge in [-0.1, -0.05) is 30.3 Å². The second-order valence-electron chi connectivity index (χ2n) is 3.88. The van der Waals surface area contributed by atoms with Crippen LogP contribution in [-0.2, 0) is 9.09 Å². The minimum absolute atomic E-state index is 0.0867. The van der Waals surface area contributed by atoms with Crippen LogP contribution < -0.4 is 0 Å². The molecule has 0 amide bonds. The molecule has 0 fully saturated rings. The molecule has 0 saturated heterocycles. The van der Waals surface area contributed by atoms with E-state index in [0.717, 1.165) is 5.56 Å². The van der Waals surface area contributed by atoms with Gasteiger partial charge in [-0.2, -0.15) is 0 Å². The van der Waals surface area contributed by atoms with E-state index in [9.17, 15) is 4.57 Å². The zero-order chi connectivity index (χ0) is 12.2. The first kappa shape index (κ1) is 13.4. The Kier molecular flexibility index (Phi) is 4.72. The van der Waals surface area contributed by atoms with Crippen LogP contribution in [0, 0.1) is 0 Å². The monoisotopic (exact) mass is 241 g/mol. The molecule has 0 aromatic heterocycles. The molecule has 0 spiro atoms. The third-order valence-corrected chi connectivity index (χ3v) is 5.01. The van der Waals surface area contributed by atoms with Crippen LogP contribution in [-0.4, -0.2) is 25.0 Å². The summed E-state index contributed by atoms with van der Waals surface area (Å²) in [7, 11) is -0.830. The maximum Gasteiger partial charge on any atom is 0.269 e. The summed E-state index contributed by atoms with van der Waals surface area (Å²) >= 11 is 0. The fraction of sp³-hybridized carbons (Fsp3) is 0.500. The first-order valence-electron chi connectivity index (χ1n) is 5.49. The zero-order valence-corrected chi connectivity index (χ0v) is 11.3. The van der Waals surface area contributed by atoms with Crippen molar-refractivity contribution in [2.45, 2.75) is 19.9 Å². The Hall–Kier alpha value is -0.630. The van der Waals surface area contributed by atoms with Gasteiger partial charge in [-0.05, 0) is 26.5 Å². The summed E-state index contributed by atoms with van der Waals surface area (Å²) in [5, 5.41) is 0. The van der Waals surface area contributed by atoms with Crippen molar-refractivity contribution in [2.24, 2.45) is 0 Å². The highest BCUT2D eigenvalue weighted by Crippen LogP contribution is 2.49. The van der Waals surface area contributed by atoms with E-state index in [4.69, 9.17) is 4.52 Å². The van der Waals surface area contributed by atoms with Crippen molar-refractivity contribution >= 4 is 7.52 Å². The Morgan fingerprint density at radius 3 is 2.44 bits per heavy atom. The van der Waals surface area contributed by atoms with Gasteiger partial charge in [-0.15, -0.1) is 0 Å². The fourth-order valence-corrected chi connectivity index (χ4v) is 3.02. The van der Waals surface area contributed by atoms with Crippen LogP contribution in [0.25, 0.3) is 0 Å². The van der Waals surface area contributed by atoms with Gasteiger partial charge in [0, 0.05) is 12.7 Å². The van der Waals surface area contributed by atoms with Crippen LogP contribution in [0.5, 0.6) is 0 Å². The Morgan fingerprint density at radius 2 is 1.94 bits per heavy atom. The average Bonchev–Trinajstić information content (AvgIpc) is 2.28. The molecule has 0 N–H and O–H groups in total. The van der Waals surface area contributed by atoms with Crippen molar-refractivity contribution in [3.8, 4) is 0 Å². The molecule has 0 aliphatic carbocycles. The molecule has 0 saturated carbocycles. The fourth-order valence-electron chi connectivity index (χ4n) is 1.59. The predicted molar refractivity (Wildman–Crippen MR) is 67.8 cm³/mol. The minimum Gasteiger partial charge on any atom is -0.318 e. The van der Waals surface area contributed by atoms with E-state index in [2.05, 4.69) is 0 Å². The number of nitrogens with zero attached hydrogens (tertiary/aromatic N) is 1. The molecule has 0 heterocycles. The summed E-state index contributed by atoms with van der Waals surface area (Å²) in [5.41, 5.74) is 1.15. The molecule has 0 aliphatic heterocycles. The van der Waals surface area contributed by atoms with E-state index in [1.807, 2.05) is 55.9 Å². The maximum atomic E-state index is 12.2. The van der Waals surface area contributed by atoms with Crippen LogP contribution in [0.3, 0.4) is 0 Å². The largest absolute Gasteiger partial charge is 0.318 e. The number of rotatable bonds is 5. The van der Waals surface area contributed by atoms with Crippen LogP contribution in [0.1, 0.15) is 25.5 Å². The molecule has 1 aromatic carbocycles. The minimum atomic E-state index is -2.67. The van der Waals surface area contributed by atoms with Crippen molar-refractivity contribution in [3.05, 3.63) is 35.9 Å². The summed E-state index contributed by atoms with van der Waals surface area (Å²) in [6.07, 6.45) is 0. The highest BCUT2D eigenvalue weighted by Gasteiger charge is 2.27. The predicted octanol–water partition coefficient (Wildman–Crippen LogP) is 3.54. The van der Waals surface area contributed by atoms with E-state index < -0.39 is 7.52 Å². The van der Waals surface area contributed by atoms with Crippen LogP contribution in [0.15, 0.2) is 30.3 Å². The van der Waals surface area contributed by atoms with Gasteiger partial charge < -0.3 is 4.52 Å². The third-order valence-electron chi connectivity index (χ3n) is 2.78. The van der Waals surface area contributed by atoms with Gasteiger partial charge in [-0.3, -0.25) is 4.57 Å². The van der Waals surface area contributed by atoms with Crippen molar-refractivity contribution in [1.29, 1.82) is 0 Å². The Bertz CT molecular complexity index is 367. The lowest BCUT2D eigenvalue weighted by Gasteiger charge is -2.30. The lowest BCUT2D eigenvalue weighted by Crippen LogP contribution is -2.20. The molecular formula is C12H20NO2P. The van der Waals surface area contributed by atoms with Crippen LogP contribution in [0.4, 0.5) is 0 Å². The Morgan fingerprint density at radius 1 is 1.38 bits per heavy atom. The van der Waals surface area contributed by atoms with Gasteiger partial charge in [0.25, 0.3) is 7.52 Å². The van der Waals surface area contributed by atoms with Crippen LogP contribution >= 0.6 is 7.52 Å². The molecular weight excluding hydrogens is 221 g/mol. The van der Waals surface area contributed by atoms with Crippen LogP contribution in [0.2, 0.25) is 0 Å². The molecule has 0 radical (unpaired) electrons. The lowest BCUT2D eigenvalue weighted by atomic mass is 10.1. The molecule has 3 nitrogen and oxygen atoms in total. The summed E-state index contributed by atoms with van der Waals surface area (Å²) in [6, 6.07) is 10.1. The van der Waals surface area contributed by atoms with Crippen molar-refractivity contribution in [1.82, 2.24) is 4.67 Å². The smallest absolute Gasteiger partial charge is 0.269 e. The van der Waals surface area contributed by atoms with Gasteiger partial charge in [0.1, 0.15) is 0 Å². The molecule has 4 heteroatoms. The topological polar surface area (TPSA) is 29.5 Å². The van der Waals surface area contributed by atoms with Gasteiger partial charge in [-0.25, -0.2) is 4.67 Å². The molecule has 2 unspecified atom stereocenters. The quantitative estimate of drug-likeness (QED) is 0.738. The first-order chi connectivity index (χ1) is 7.49. The van der Waals surface area contributed by atoms with E-state index in [1.165, 1.54) is 0 Å². The second-order valence-corrected chi connectivity index (χ2v) is 6.38. The van der Waals surface area contributed by atoms with Gasteiger partial charge >= 0.3 is 0 Å². The van der Waals surface area contributed by atoms with E-state index in [0.29, 0.717) is 6.61 Å². The van der Waals surface area contributed by atoms with Gasteiger partial charge in [0.05, 0.1) is 6.61 Å². The zero-order valence-electron chi connectivity index (χ0n) is 10.4. The van der Waals surface area contributed by atoms with Crippen molar-refractivity contribution in [2.75, 3.05) is 20.3 Å². The number of hydrogen-bond acceptors (Lipinski definition) is 2. The molecule has 90 valence electrons. The maximum absolute atomic E-state index is 12.2. The Labute approximate surface area is 97.9 Å². The number of benzene rings is 1. The molecule has 0 bridgehead atoms. The third kappa shape index (κ3) is 3.18. The standard InChI is InChI=1S/C12H20NO2P/c1-5-15-16(4,14)13(3)11(2)12-9-7-6-8-10-12/h6-11H,5H2,1-4H3. The summed E-state index contributed by atoms with van der Waals surface area (Å²) < 4.78 is 19.4. The molecule has 16 heavy (non-hydrogen) atoms. The molecule has 1 rings (SSSR count). The summed E-state index contributed by atoms with van der Waals surface area (Å²) in [5.74, 6) is 0. The van der Waals surface area contributed by atoms with Gasteiger partial charge in [0.15, 0.2) is 0 Å². The van der Waals surface area contributed by atoms with E-state index >= 15 is 0 Å². The highest BCUT2D eigenvalue weighted by atomic mass is 31.2. The van der Waals surface area contributed by atoms with Crippen molar-refractivity contribution < 1.29 is 9.09 Å². The highest BCUT2D eigenvalue weighted by molar-refractivity contribution is 7.55. The second kappa shape index (κ2) is 5.62. The Balaban J connectivity index is 2.82. The summed E-state index contributed by atoms with van der Waals surface area (Å²) in [4.78, 5) is 0. The van der Waals surface area contributed by atoms with E-state index in [1.54, 1.807) is 6.66 Å². The van der Waals surface area contributed by atoms with Gasteiger partial charge in [0.2, 0.25) is 0 Å². The lowest BCUT2D eigenvalue weighted by molar-refractivity contribution is 0.270. The first-order valence-corrected chi connectivity index (χ1v) is 7.51. The molecule has 2 atom stereocenters. The molecule has 0 aliphatic rings. The van der Waals surface area contributed by atoms with Crippen molar-refractivity contribution in [3.63, 3.8) is 0 Å². The van der Waals surface area contributed by atoms with E-state index in [-0.39, 0.29) is 6.04 Å². The number of hydrogen-bond donors (Lipinski definition) is 0. The normalized spacial score (nSPS) is 17.1. The average molecular weight is 241 g/mol.